The molecule has 3 aromatic rings. The number of hydrogen-bond acceptors (Lipinski definition) is 4. The summed E-state index contributed by atoms with van der Waals surface area (Å²) in [4.78, 5) is 14.5. The number of ether oxygens (including phenoxy) is 1. The van der Waals surface area contributed by atoms with E-state index in [1.54, 1.807) is 18.9 Å². The van der Waals surface area contributed by atoms with Crippen molar-refractivity contribution in [3.8, 4) is 5.75 Å². The largest absolute Gasteiger partial charge is 0.497 e. The molecule has 0 fully saturated rings. The average molecular weight is 371 g/mol. The van der Waals surface area contributed by atoms with E-state index >= 15 is 0 Å². The molecule has 1 atom stereocenters. The van der Waals surface area contributed by atoms with E-state index in [9.17, 15) is 4.79 Å². The highest BCUT2D eigenvalue weighted by molar-refractivity contribution is 8.00. The predicted octanol–water partition coefficient (Wildman–Crippen LogP) is 5.56. The Kier molecular flexibility index (Phi) is 3.80. The van der Waals surface area contributed by atoms with Crippen LogP contribution in [0.3, 0.4) is 0 Å². The molecule has 1 aliphatic carbocycles. The molecule has 4 heteroatoms. The van der Waals surface area contributed by atoms with Gasteiger partial charge in [0.05, 0.1) is 23.7 Å². The number of fused-ring (bicyclic) bond motifs is 3. The van der Waals surface area contributed by atoms with E-state index in [2.05, 4.69) is 23.5 Å². The fourth-order valence-electron chi connectivity index (χ4n) is 3.72. The number of Topliss-reactive ketones (excluding diaryl/α,β-unsaturated/α-hetero) is 1. The van der Waals surface area contributed by atoms with Gasteiger partial charge in [0.2, 0.25) is 0 Å². The Bertz CT molecular complexity index is 1100. The van der Waals surface area contributed by atoms with Gasteiger partial charge in [-0.05, 0) is 29.8 Å². The molecule has 2 aliphatic rings. The summed E-state index contributed by atoms with van der Waals surface area (Å²) in [6.07, 6.45) is 0. The van der Waals surface area contributed by atoms with Crippen LogP contribution in [-0.2, 0) is 0 Å². The lowest BCUT2D eigenvalue weighted by Gasteiger charge is -2.18. The van der Waals surface area contributed by atoms with Crippen LogP contribution in [0, 0.1) is 0 Å². The first-order chi connectivity index (χ1) is 13.3. The van der Waals surface area contributed by atoms with Crippen molar-refractivity contribution < 1.29 is 9.53 Å². The molecule has 1 aliphatic heterocycles. The van der Waals surface area contributed by atoms with Gasteiger partial charge in [0.15, 0.2) is 5.78 Å². The van der Waals surface area contributed by atoms with E-state index in [0.29, 0.717) is 0 Å². The zero-order valence-corrected chi connectivity index (χ0v) is 15.5. The second-order valence-corrected chi connectivity index (χ2v) is 7.71. The molecule has 0 aromatic heterocycles. The molecule has 1 heterocycles. The summed E-state index contributed by atoms with van der Waals surface area (Å²) in [6.45, 7) is 0. The first-order valence-electron chi connectivity index (χ1n) is 8.81. The molecule has 0 saturated heterocycles. The molecule has 132 valence electrons. The van der Waals surface area contributed by atoms with E-state index < -0.39 is 0 Å². The SMILES string of the molecule is COc1cccc([C@H]2Sc3ccccc3NC3=C2C(=O)c2ccccc23)c1. The van der Waals surface area contributed by atoms with Gasteiger partial charge in [-0.1, -0.05) is 48.5 Å². The Labute approximate surface area is 162 Å². The van der Waals surface area contributed by atoms with E-state index in [0.717, 1.165) is 44.3 Å². The van der Waals surface area contributed by atoms with Crippen LogP contribution in [0.5, 0.6) is 5.75 Å². The zero-order chi connectivity index (χ0) is 18.4. The summed E-state index contributed by atoms with van der Waals surface area (Å²) in [5.74, 6) is 0.893. The third kappa shape index (κ3) is 2.56. The standard InChI is InChI=1S/C23H17NO2S/c1-26-15-8-6-7-14(13-15)23-20-21(16-9-2-3-10-17(16)22(20)25)24-18-11-4-5-12-19(18)27-23/h2-13,23-24H,1H3/t23-/m1/s1. The molecule has 0 spiro atoms. The topological polar surface area (TPSA) is 38.3 Å². The number of nitrogens with one attached hydrogen (secondary N) is 1. The molecule has 0 radical (unpaired) electrons. The van der Waals surface area contributed by atoms with Crippen LogP contribution in [0.15, 0.2) is 83.3 Å². The van der Waals surface area contributed by atoms with Crippen molar-refractivity contribution in [2.45, 2.75) is 10.1 Å². The fourth-order valence-corrected chi connectivity index (χ4v) is 5.00. The van der Waals surface area contributed by atoms with Crippen LogP contribution < -0.4 is 10.1 Å². The molecule has 5 rings (SSSR count). The maximum absolute atomic E-state index is 13.3. The van der Waals surface area contributed by atoms with Crippen molar-refractivity contribution in [2.24, 2.45) is 0 Å². The highest BCUT2D eigenvalue weighted by atomic mass is 32.2. The lowest BCUT2D eigenvalue weighted by Crippen LogP contribution is -2.07. The van der Waals surface area contributed by atoms with Crippen molar-refractivity contribution in [3.05, 3.63) is 95.1 Å². The minimum absolute atomic E-state index is 0.0984. The Morgan fingerprint density at radius 1 is 0.926 bits per heavy atom. The number of ketones is 1. The molecular weight excluding hydrogens is 354 g/mol. The molecular formula is C23H17NO2S. The molecule has 3 aromatic carbocycles. The van der Waals surface area contributed by atoms with Gasteiger partial charge >= 0.3 is 0 Å². The van der Waals surface area contributed by atoms with Gasteiger partial charge in [0, 0.05) is 21.6 Å². The average Bonchev–Trinajstić information content (AvgIpc) is 2.88. The van der Waals surface area contributed by atoms with Crippen molar-refractivity contribution in [1.29, 1.82) is 0 Å². The van der Waals surface area contributed by atoms with E-state index in [-0.39, 0.29) is 11.0 Å². The summed E-state index contributed by atoms with van der Waals surface area (Å²) in [5, 5.41) is 3.44. The summed E-state index contributed by atoms with van der Waals surface area (Å²) in [5.41, 5.74) is 5.56. The molecule has 1 N–H and O–H groups in total. The smallest absolute Gasteiger partial charge is 0.193 e. The number of anilines is 1. The first kappa shape index (κ1) is 16.2. The molecule has 0 saturated carbocycles. The van der Waals surface area contributed by atoms with Crippen LogP contribution in [0.4, 0.5) is 5.69 Å². The van der Waals surface area contributed by atoms with Crippen molar-refractivity contribution in [1.82, 2.24) is 0 Å². The Morgan fingerprint density at radius 3 is 2.56 bits per heavy atom. The van der Waals surface area contributed by atoms with Crippen LogP contribution in [0.2, 0.25) is 0 Å². The zero-order valence-electron chi connectivity index (χ0n) is 14.7. The quantitative estimate of drug-likeness (QED) is 0.640. The highest BCUT2D eigenvalue weighted by Crippen LogP contribution is 2.52. The maximum atomic E-state index is 13.3. The molecule has 0 bridgehead atoms. The van der Waals surface area contributed by atoms with Crippen LogP contribution in [0.25, 0.3) is 5.70 Å². The van der Waals surface area contributed by atoms with Crippen molar-refractivity contribution in [2.75, 3.05) is 12.4 Å². The van der Waals surface area contributed by atoms with Gasteiger partial charge in [-0.15, -0.1) is 11.8 Å². The minimum Gasteiger partial charge on any atom is -0.497 e. The second kappa shape index (κ2) is 6.32. The number of benzene rings is 3. The number of hydrogen-bond donors (Lipinski definition) is 1. The molecule has 0 unspecified atom stereocenters. The normalized spacial score (nSPS) is 17.5. The number of thioether (sulfide) groups is 1. The Hall–Kier alpha value is -2.98. The van der Waals surface area contributed by atoms with Crippen molar-refractivity contribution >= 4 is 28.9 Å². The molecule has 3 nitrogen and oxygen atoms in total. The van der Waals surface area contributed by atoms with Gasteiger partial charge in [-0.3, -0.25) is 4.79 Å². The van der Waals surface area contributed by atoms with Gasteiger partial charge in [0.25, 0.3) is 0 Å². The van der Waals surface area contributed by atoms with E-state index in [1.807, 2.05) is 54.6 Å². The minimum atomic E-state index is -0.105. The second-order valence-electron chi connectivity index (χ2n) is 6.56. The van der Waals surface area contributed by atoms with Gasteiger partial charge < -0.3 is 10.1 Å². The molecule has 0 amide bonds. The lowest BCUT2D eigenvalue weighted by atomic mass is 10.0. The van der Waals surface area contributed by atoms with Crippen LogP contribution in [0.1, 0.15) is 26.7 Å². The fraction of sp³-hybridized carbons (Fsp3) is 0.0870. The third-order valence-electron chi connectivity index (χ3n) is 5.01. The van der Waals surface area contributed by atoms with Gasteiger partial charge in [-0.25, -0.2) is 0 Å². The lowest BCUT2D eigenvalue weighted by molar-refractivity contribution is 0.103. The Morgan fingerprint density at radius 2 is 1.70 bits per heavy atom. The molecule has 27 heavy (non-hydrogen) atoms. The highest BCUT2D eigenvalue weighted by Gasteiger charge is 2.38. The summed E-state index contributed by atoms with van der Waals surface area (Å²) in [6, 6.07) is 24.0. The third-order valence-corrected chi connectivity index (χ3v) is 6.36. The number of carbonyl (C=O) groups excluding carboxylic acids is 1. The van der Waals surface area contributed by atoms with E-state index in [4.69, 9.17) is 4.74 Å². The number of para-hydroxylation sites is 1. The predicted molar refractivity (Wildman–Crippen MR) is 109 cm³/mol. The summed E-state index contributed by atoms with van der Waals surface area (Å²) in [7, 11) is 1.66. The van der Waals surface area contributed by atoms with Gasteiger partial charge in [0.1, 0.15) is 5.75 Å². The maximum Gasteiger partial charge on any atom is 0.193 e. The van der Waals surface area contributed by atoms with E-state index in [1.165, 1.54) is 0 Å². The number of carbonyl (C=O) groups is 1. The number of rotatable bonds is 2. The Balaban J connectivity index is 1.74. The van der Waals surface area contributed by atoms with Gasteiger partial charge in [-0.2, -0.15) is 0 Å². The summed E-state index contributed by atoms with van der Waals surface area (Å²) >= 11 is 1.70. The monoisotopic (exact) mass is 371 g/mol. The number of methoxy groups -OCH3 is 1. The van der Waals surface area contributed by atoms with Crippen molar-refractivity contribution in [3.63, 3.8) is 0 Å². The first-order valence-corrected chi connectivity index (χ1v) is 9.69. The summed E-state index contributed by atoms with van der Waals surface area (Å²) < 4.78 is 5.42. The van der Waals surface area contributed by atoms with Crippen LogP contribution in [-0.4, -0.2) is 12.9 Å². The van der Waals surface area contributed by atoms with Crippen LogP contribution >= 0.6 is 11.8 Å².